The molecular formula is C21H26Cl2N2OS. The van der Waals surface area contributed by atoms with Gasteiger partial charge < -0.3 is 5.32 Å². The Morgan fingerprint density at radius 2 is 2.15 bits per heavy atom. The number of hydrogen-bond donors (Lipinski definition) is 1. The molecule has 1 N–H and O–H groups in total. The molecule has 0 radical (unpaired) electrons. The summed E-state index contributed by atoms with van der Waals surface area (Å²) in [6.07, 6.45) is 5.07. The van der Waals surface area contributed by atoms with Crippen LogP contribution in [0.2, 0.25) is 5.02 Å². The molecule has 0 spiro atoms. The number of hydrogen-bond acceptors (Lipinski definition) is 3. The van der Waals surface area contributed by atoms with Gasteiger partial charge in [0.1, 0.15) is 0 Å². The fraction of sp³-hybridized carbons (Fsp3) is 0.476. The molecule has 2 aliphatic heterocycles. The number of fused-ring (bicyclic) bond motifs is 2. The molecule has 3 nitrogen and oxygen atoms in total. The van der Waals surface area contributed by atoms with Crippen LogP contribution in [0.25, 0.3) is 0 Å². The first-order valence-electron chi connectivity index (χ1n) is 9.51. The van der Waals surface area contributed by atoms with Crippen LogP contribution < -0.4 is 5.32 Å². The zero-order valence-electron chi connectivity index (χ0n) is 15.6. The Kier molecular flexibility index (Phi) is 6.52. The van der Waals surface area contributed by atoms with Gasteiger partial charge in [0.25, 0.3) is 0 Å². The second-order valence-electron chi connectivity index (χ2n) is 7.43. The van der Waals surface area contributed by atoms with Gasteiger partial charge in [0, 0.05) is 28.7 Å². The molecule has 4 rings (SSSR count). The van der Waals surface area contributed by atoms with Gasteiger partial charge in [0.2, 0.25) is 5.91 Å². The lowest BCUT2D eigenvalue weighted by molar-refractivity contribution is -0.121. The lowest BCUT2D eigenvalue weighted by Gasteiger charge is -2.29. The highest BCUT2D eigenvalue weighted by Crippen LogP contribution is 2.44. The van der Waals surface area contributed by atoms with Gasteiger partial charge in [-0.05, 0) is 73.0 Å². The Hall–Kier alpha value is -1.07. The number of benzene rings is 1. The van der Waals surface area contributed by atoms with Crippen molar-refractivity contribution in [2.45, 2.75) is 51.0 Å². The third-order valence-corrected chi connectivity index (χ3v) is 7.26. The highest BCUT2D eigenvalue weighted by atomic mass is 35.5. The van der Waals surface area contributed by atoms with Gasteiger partial charge in [-0.2, -0.15) is 0 Å². The highest BCUT2D eigenvalue weighted by Gasteiger charge is 2.44. The van der Waals surface area contributed by atoms with E-state index in [1.54, 1.807) is 4.88 Å². The van der Waals surface area contributed by atoms with E-state index in [2.05, 4.69) is 28.6 Å². The fourth-order valence-corrected chi connectivity index (χ4v) is 5.48. The number of rotatable bonds is 6. The molecule has 2 aliphatic rings. The molecule has 1 atom stereocenters. The van der Waals surface area contributed by atoms with Crippen molar-refractivity contribution in [3.8, 4) is 0 Å². The van der Waals surface area contributed by atoms with Crippen LogP contribution in [0.3, 0.4) is 0 Å². The minimum Gasteiger partial charge on any atom is -0.325 e. The SMILES string of the molecule is CCC1(CCCCN2CCc3sccc3C2)C(=O)Nc2ccc(Cl)cc21.Cl. The van der Waals surface area contributed by atoms with Crippen molar-refractivity contribution in [2.75, 3.05) is 18.4 Å². The van der Waals surface area contributed by atoms with Crippen molar-refractivity contribution < 1.29 is 4.79 Å². The lowest BCUT2D eigenvalue weighted by atomic mass is 9.75. The first-order chi connectivity index (χ1) is 12.6. The summed E-state index contributed by atoms with van der Waals surface area (Å²) in [6, 6.07) is 8.02. The summed E-state index contributed by atoms with van der Waals surface area (Å²) in [5.74, 6) is 0.137. The molecule has 2 aromatic rings. The van der Waals surface area contributed by atoms with Crippen molar-refractivity contribution in [2.24, 2.45) is 0 Å². The highest BCUT2D eigenvalue weighted by molar-refractivity contribution is 7.10. The second kappa shape index (κ2) is 8.52. The average molecular weight is 425 g/mol. The number of carbonyl (C=O) groups is 1. The molecule has 6 heteroatoms. The van der Waals surface area contributed by atoms with Crippen LogP contribution >= 0.6 is 35.3 Å². The molecule has 1 aromatic heterocycles. The van der Waals surface area contributed by atoms with Gasteiger partial charge in [-0.1, -0.05) is 24.9 Å². The Balaban J connectivity index is 0.00000210. The maximum absolute atomic E-state index is 12.7. The van der Waals surface area contributed by atoms with E-state index in [0.717, 1.165) is 56.6 Å². The average Bonchev–Trinajstić information content (AvgIpc) is 3.21. The molecule has 0 aliphatic carbocycles. The van der Waals surface area contributed by atoms with E-state index in [4.69, 9.17) is 11.6 Å². The van der Waals surface area contributed by atoms with E-state index in [9.17, 15) is 4.79 Å². The Morgan fingerprint density at radius 1 is 1.30 bits per heavy atom. The topological polar surface area (TPSA) is 32.3 Å². The Bertz CT molecular complexity index is 822. The number of nitrogens with one attached hydrogen (secondary N) is 1. The summed E-state index contributed by atoms with van der Waals surface area (Å²) in [4.78, 5) is 16.8. The molecule has 0 saturated heterocycles. The van der Waals surface area contributed by atoms with Crippen molar-refractivity contribution in [1.29, 1.82) is 0 Å². The van der Waals surface area contributed by atoms with Crippen LogP contribution in [0.5, 0.6) is 0 Å². The van der Waals surface area contributed by atoms with E-state index in [1.807, 2.05) is 29.5 Å². The van der Waals surface area contributed by atoms with Crippen LogP contribution in [0.4, 0.5) is 5.69 Å². The number of halogens is 2. The number of carbonyl (C=O) groups excluding carboxylic acids is 1. The smallest absolute Gasteiger partial charge is 0.235 e. The van der Waals surface area contributed by atoms with E-state index < -0.39 is 5.41 Å². The van der Waals surface area contributed by atoms with E-state index in [-0.39, 0.29) is 18.3 Å². The van der Waals surface area contributed by atoms with Gasteiger partial charge in [-0.25, -0.2) is 0 Å². The third kappa shape index (κ3) is 3.91. The molecule has 27 heavy (non-hydrogen) atoms. The summed E-state index contributed by atoms with van der Waals surface area (Å²) in [5, 5.41) is 5.97. The van der Waals surface area contributed by atoms with Gasteiger partial charge in [0.05, 0.1) is 5.41 Å². The van der Waals surface area contributed by atoms with E-state index in [1.165, 1.54) is 12.0 Å². The quantitative estimate of drug-likeness (QED) is 0.607. The number of thiophene rings is 1. The number of anilines is 1. The third-order valence-electron chi connectivity index (χ3n) is 6.00. The first-order valence-corrected chi connectivity index (χ1v) is 10.8. The zero-order valence-corrected chi connectivity index (χ0v) is 18.0. The number of nitrogens with zero attached hydrogens (tertiary/aromatic N) is 1. The summed E-state index contributed by atoms with van der Waals surface area (Å²) < 4.78 is 0. The molecule has 3 heterocycles. The van der Waals surface area contributed by atoms with Crippen molar-refractivity contribution in [1.82, 2.24) is 4.90 Å². The van der Waals surface area contributed by atoms with E-state index >= 15 is 0 Å². The normalized spacial score (nSPS) is 21.3. The number of unbranched alkanes of at least 4 members (excludes halogenated alkanes) is 1. The molecule has 0 saturated carbocycles. The summed E-state index contributed by atoms with van der Waals surface area (Å²) >= 11 is 8.09. The minimum atomic E-state index is -0.414. The molecule has 1 unspecified atom stereocenters. The molecule has 146 valence electrons. The monoisotopic (exact) mass is 424 g/mol. The van der Waals surface area contributed by atoms with Crippen LogP contribution in [-0.4, -0.2) is 23.9 Å². The fourth-order valence-electron chi connectivity index (χ4n) is 4.42. The lowest BCUT2D eigenvalue weighted by Crippen LogP contribution is -2.34. The molecule has 0 bridgehead atoms. The van der Waals surface area contributed by atoms with Gasteiger partial charge in [0.15, 0.2) is 0 Å². The van der Waals surface area contributed by atoms with Crippen molar-refractivity contribution in [3.63, 3.8) is 0 Å². The van der Waals surface area contributed by atoms with Crippen molar-refractivity contribution in [3.05, 3.63) is 50.7 Å². The Morgan fingerprint density at radius 3 is 2.96 bits per heavy atom. The maximum atomic E-state index is 12.7. The van der Waals surface area contributed by atoms with Crippen LogP contribution in [-0.2, 0) is 23.2 Å². The predicted octanol–water partition coefficient (Wildman–Crippen LogP) is 5.65. The number of amides is 1. The van der Waals surface area contributed by atoms with Crippen LogP contribution in [0, 0.1) is 0 Å². The van der Waals surface area contributed by atoms with Gasteiger partial charge in [-0.15, -0.1) is 23.7 Å². The molecule has 1 amide bonds. The molecule has 1 aromatic carbocycles. The minimum absolute atomic E-state index is 0. The summed E-state index contributed by atoms with van der Waals surface area (Å²) in [7, 11) is 0. The largest absolute Gasteiger partial charge is 0.325 e. The first kappa shape index (κ1) is 20.7. The summed E-state index contributed by atoms with van der Waals surface area (Å²) in [6.45, 7) is 5.46. The van der Waals surface area contributed by atoms with Crippen LogP contribution in [0.1, 0.15) is 48.6 Å². The zero-order chi connectivity index (χ0) is 18.1. The predicted molar refractivity (Wildman–Crippen MR) is 116 cm³/mol. The van der Waals surface area contributed by atoms with E-state index in [0.29, 0.717) is 5.02 Å². The summed E-state index contributed by atoms with van der Waals surface area (Å²) in [5.41, 5.74) is 3.11. The van der Waals surface area contributed by atoms with Gasteiger partial charge >= 0.3 is 0 Å². The van der Waals surface area contributed by atoms with Crippen LogP contribution in [0.15, 0.2) is 29.6 Å². The standard InChI is InChI=1S/C21H25ClN2OS.ClH/c1-2-21(17-13-16(22)5-6-18(17)23-20(21)25)9-3-4-10-24-11-7-19-15(14-24)8-12-26-19;/h5-6,8,12-13H,2-4,7,9-11,14H2,1H3,(H,23,25);1H. The second-order valence-corrected chi connectivity index (χ2v) is 8.87. The Labute approximate surface area is 176 Å². The molecular weight excluding hydrogens is 399 g/mol. The van der Waals surface area contributed by atoms with Crippen molar-refractivity contribution >= 4 is 46.9 Å². The maximum Gasteiger partial charge on any atom is 0.235 e. The molecule has 0 fully saturated rings. The van der Waals surface area contributed by atoms with Gasteiger partial charge in [-0.3, -0.25) is 9.69 Å².